The minimum Gasteiger partial charge on any atom is -0.396 e. The van der Waals surface area contributed by atoms with Gasteiger partial charge in [-0.3, -0.25) is 0 Å². The van der Waals surface area contributed by atoms with Crippen molar-refractivity contribution in [2.75, 3.05) is 37.5 Å². The second kappa shape index (κ2) is 7.87. The highest BCUT2D eigenvalue weighted by atomic mass is 16.3. The molecule has 0 aliphatic heterocycles. The summed E-state index contributed by atoms with van der Waals surface area (Å²) in [7, 11) is 3.84. The molecule has 102 valence electrons. The lowest BCUT2D eigenvalue weighted by Crippen LogP contribution is -2.18. The monoisotopic (exact) mass is 252 g/mol. The van der Waals surface area contributed by atoms with Gasteiger partial charge in [0, 0.05) is 33.4 Å². The van der Waals surface area contributed by atoms with Gasteiger partial charge in [0.25, 0.3) is 0 Å². The first kappa shape index (κ1) is 14.7. The number of anilines is 2. The topological polar surface area (TPSA) is 61.3 Å². The lowest BCUT2D eigenvalue weighted by atomic mass is 10.0. The van der Waals surface area contributed by atoms with Crippen molar-refractivity contribution >= 4 is 11.8 Å². The van der Waals surface area contributed by atoms with Crippen LogP contribution in [-0.4, -0.2) is 42.3 Å². The molecule has 0 fully saturated rings. The fourth-order valence-electron chi connectivity index (χ4n) is 1.85. The van der Waals surface area contributed by atoms with Crippen molar-refractivity contribution in [3.63, 3.8) is 0 Å². The van der Waals surface area contributed by atoms with Crippen LogP contribution in [0.3, 0.4) is 0 Å². The fraction of sp³-hybridized carbons (Fsp3) is 0.692. The van der Waals surface area contributed by atoms with E-state index in [1.54, 1.807) is 6.20 Å². The lowest BCUT2D eigenvalue weighted by molar-refractivity contribution is 0.255. The Balaban J connectivity index is 2.53. The molecule has 0 amide bonds. The molecule has 1 heterocycles. The Kier molecular flexibility index (Phi) is 6.43. The number of nitrogens with one attached hydrogen (secondary N) is 1. The van der Waals surface area contributed by atoms with Gasteiger partial charge in [0.1, 0.15) is 5.82 Å². The SMILES string of the molecule is CCCC(CCO)CNc1ccnc(N(C)C)n1. The summed E-state index contributed by atoms with van der Waals surface area (Å²) >= 11 is 0. The number of nitrogens with zero attached hydrogens (tertiary/aromatic N) is 3. The molecule has 18 heavy (non-hydrogen) atoms. The van der Waals surface area contributed by atoms with Crippen LogP contribution >= 0.6 is 0 Å². The van der Waals surface area contributed by atoms with Crippen LogP contribution in [-0.2, 0) is 0 Å². The van der Waals surface area contributed by atoms with Gasteiger partial charge in [-0.25, -0.2) is 4.98 Å². The van der Waals surface area contributed by atoms with Crippen molar-refractivity contribution in [3.8, 4) is 0 Å². The van der Waals surface area contributed by atoms with E-state index in [9.17, 15) is 0 Å². The van der Waals surface area contributed by atoms with Gasteiger partial charge in [-0.15, -0.1) is 0 Å². The predicted octanol–water partition coefficient (Wildman–Crippen LogP) is 1.75. The first-order valence-electron chi connectivity index (χ1n) is 6.52. The summed E-state index contributed by atoms with van der Waals surface area (Å²) in [6.07, 6.45) is 4.86. The standard InChI is InChI=1S/C13H24N4O/c1-4-5-11(7-9-18)10-15-12-6-8-14-13(16-12)17(2)3/h6,8,11,18H,4-5,7,9-10H2,1-3H3,(H,14,15,16). The molecule has 1 atom stereocenters. The molecule has 0 saturated heterocycles. The van der Waals surface area contributed by atoms with Crippen LogP contribution in [0.5, 0.6) is 0 Å². The van der Waals surface area contributed by atoms with E-state index in [2.05, 4.69) is 22.2 Å². The zero-order chi connectivity index (χ0) is 13.4. The number of rotatable bonds is 8. The summed E-state index contributed by atoms with van der Waals surface area (Å²) in [4.78, 5) is 10.5. The van der Waals surface area contributed by atoms with Crippen LogP contribution in [0.15, 0.2) is 12.3 Å². The van der Waals surface area contributed by atoms with E-state index in [0.717, 1.165) is 31.6 Å². The summed E-state index contributed by atoms with van der Waals surface area (Å²) in [6, 6.07) is 1.87. The third-order valence-electron chi connectivity index (χ3n) is 2.85. The smallest absolute Gasteiger partial charge is 0.226 e. The molecule has 0 spiro atoms. The Morgan fingerprint density at radius 3 is 2.78 bits per heavy atom. The molecule has 1 aromatic heterocycles. The number of aliphatic hydroxyl groups excluding tert-OH is 1. The normalized spacial score (nSPS) is 12.2. The molecular weight excluding hydrogens is 228 g/mol. The average molecular weight is 252 g/mol. The number of aromatic nitrogens is 2. The molecule has 0 aliphatic rings. The quantitative estimate of drug-likeness (QED) is 0.738. The van der Waals surface area contributed by atoms with Crippen LogP contribution in [0.25, 0.3) is 0 Å². The highest BCUT2D eigenvalue weighted by molar-refractivity contribution is 5.40. The third-order valence-corrected chi connectivity index (χ3v) is 2.85. The fourth-order valence-corrected chi connectivity index (χ4v) is 1.85. The van der Waals surface area contributed by atoms with Gasteiger partial charge in [0.15, 0.2) is 0 Å². The maximum absolute atomic E-state index is 9.02. The van der Waals surface area contributed by atoms with Gasteiger partial charge in [0.05, 0.1) is 0 Å². The third kappa shape index (κ3) is 4.87. The van der Waals surface area contributed by atoms with Crippen LogP contribution in [0, 0.1) is 5.92 Å². The Hall–Kier alpha value is -1.36. The number of hydrogen-bond acceptors (Lipinski definition) is 5. The van der Waals surface area contributed by atoms with Crippen LogP contribution in [0.2, 0.25) is 0 Å². The molecule has 0 bridgehead atoms. The zero-order valence-corrected chi connectivity index (χ0v) is 11.6. The number of aliphatic hydroxyl groups is 1. The Morgan fingerprint density at radius 1 is 1.39 bits per heavy atom. The minimum atomic E-state index is 0.249. The Bertz CT molecular complexity index is 338. The molecule has 5 nitrogen and oxygen atoms in total. The van der Waals surface area contributed by atoms with Gasteiger partial charge in [-0.2, -0.15) is 4.98 Å². The molecule has 0 aromatic carbocycles. The van der Waals surface area contributed by atoms with Gasteiger partial charge >= 0.3 is 0 Å². The second-order valence-corrected chi connectivity index (χ2v) is 4.68. The van der Waals surface area contributed by atoms with E-state index in [4.69, 9.17) is 5.11 Å². The summed E-state index contributed by atoms with van der Waals surface area (Å²) in [5.41, 5.74) is 0. The summed E-state index contributed by atoms with van der Waals surface area (Å²) in [5, 5.41) is 12.3. The number of hydrogen-bond donors (Lipinski definition) is 2. The highest BCUT2D eigenvalue weighted by Gasteiger charge is 2.08. The maximum Gasteiger partial charge on any atom is 0.226 e. The molecule has 2 N–H and O–H groups in total. The molecule has 1 rings (SSSR count). The van der Waals surface area contributed by atoms with E-state index < -0.39 is 0 Å². The van der Waals surface area contributed by atoms with Crippen LogP contribution in [0.1, 0.15) is 26.2 Å². The molecule has 0 radical (unpaired) electrons. The first-order chi connectivity index (χ1) is 8.67. The molecular formula is C13H24N4O. The Morgan fingerprint density at radius 2 is 2.17 bits per heavy atom. The van der Waals surface area contributed by atoms with Crippen molar-refractivity contribution in [1.29, 1.82) is 0 Å². The average Bonchev–Trinajstić information content (AvgIpc) is 2.37. The van der Waals surface area contributed by atoms with Crippen molar-refractivity contribution in [1.82, 2.24) is 9.97 Å². The molecule has 5 heteroatoms. The molecule has 1 aromatic rings. The molecule has 1 unspecified atom stereocenters. The Labute approximate surface area is 109 Å². The predicted molar refractivity (Wildman–Crippen MR) is 74.9 cm³/mol. The minimum absolute atomic E-state index is 0.249. The van der Waals surface area contributed by atoms with Crippen molar-refractivity contribution in [2.24, 2.45) is 5.92 Å². The van der Waals surface area contributed by atoms with Gasteiger partial charge in [-0.1, -0.05) is 13.3 Å². The van der Waals surface area contributed by atoms with Gasteiger partial charge in [-0.05, 0) is 24.8 Å². The first-order valence-corrected chi connectivity index (χ1v) is 6.52. The molecule has 0 aliphatic carbocycles. The van der Waals surface area contributed by atoms with E-state index >= 15 is 0 Å². The van der Waals surface area contributed by atoms with Crippen LogP contribution in [0.4, 0.5) is 11.8 Å². The van der Waals surface area contributed by atoms with Crippen molar-refractivity contribution in [3.05, 3.63) is 12.3 Å². The second-order valence-electron chi connectivity index (χ2n) is 4.68. The summed E-state index contributed by atoms with van der Waals surface area (Å²) < 4.78 is 0. The van der Waals surface area contributed by atoms with Gasteiger partial charge in [0.2, 0.25) is 5.95 Å². The van der Waals surface area contributed by atoms with Crippen molar-refractivity contribution in [2.45, 2.75) is 26.2 Å². The molecule has 0 saturated carbocycles. The summed E-state index contributed by atoms with van der Waals surface area (Å²) in [5.74, 6) is 2.04. The van der Waals surface area contributed by atoms with Gasteiger partial charge < -0.3 is 15.3 Å². The van der Waals surface area contributed by atoms with Crippen molar-refractivity contribution < 1.29 is 5.11 Å². The van der Waals surface area contributed by atoms with Crippen LogP contribution < -0.4 is 10.2 Å². The largest absolute Gasteiger partial charge is 0.396 e. The maximum atomic E-state index is 9.02. The van der Waals surface area contributed by atoms with E-state index in [1.807, 2.05) is 25.1 Å². The highest BCUT2D eigenvalue weighted by Crippen LogP contribution is 2.13. The van der Waals surface area contributed by atoms with E-state index in [-0.39, 0.29) is 6.61 Å². The van der Waals surface area contributed by atoms with E-state index in [1.165, 1.54) is 0 Å². The van der Waals surface area contributed by atoms with E-state index in [0.29, 0.717) is 11.9 Å². The lowest BCUT2D eigenvalue weighted by Gasteiger charge is -2.17. The zero-order valence-electron chi connectivity index (χ0n) is 11.6. The summed E-state index contributed by atoms with van der Waals surface area (Å²) in [6.45, 7) is 3.26.